The van der Waals surface area contributed by atoms with Gasteiger partial charge in [-0.15, -0.1) is 10.2 Å². The average molecular weight is 573 g/mol. The van der Waals surface area contributed by atoms with Crippen molar-refractivity contribution in [1.29, 1.82) is 0 Å². The molecule has 3 aromatic rings. The molecule has 0 saturated heterocycles. The normalized spacial score (nSPS) is 8.95. The van der Waals surface area contributed by atoms with Crippen LogP contribution in [0.25, 0.3) is 5.43 Å². The minimum Gasteiger partial charge on any atom is -0.571 e. The first kappa shape index (κ1) is 41.6. The smallest absolute Gasteiger partial charge is 0.571 e. The molecule has 0 amide bonds. The Kier molecular flexibility index (Phi) is 32.6. The Labute approximate surface area is 240 Å². The van der Waals surface area contributed by atoms with Crippen LogP contribution in [0, 0.1) is 0 Å². The molecule has 0 spiro atoms. The number of aromatic hydroxyl groups is 1. The summed E-state index contributed by atoms with van der Waals surface area (Å²) in [6.45, 7) is 20.0. The third kappa shape index (κ3) is 16.3. The summed E-state index contributed by atoms with van der Waals surface area (Å²) in [5, 5.41) is 31.3. The van der Waals surface area contributed by atoms with Crippen LogP contribution in [0.3, 0.4) is 0 Å². The third-order valence-corrected chi connectivity index (χ3v) is 3.55. The summed E-state index contributed by atoms with van der Waals surface area (Å²) in [7, 11) is 0. The predicted octanol–water partition coefficient (Wildman–Crippen LogP) is 10.4. The number of hydrogen-bond acceptors (Lipinski definition) is 4. The van der Waals surface area contributed by atoms with Crippen molar-refractivity contribution in [3.63, 3.8) is 0 Å². The second-order valence-corrected chi connectivity index (χ2v) is 5.40. The molecule has 0 heterocycles. The van der Waals surface area contributed by atoms with Gasteiger partial charge in [0, 0.05) is 5.56 Å². The Morgan fingerprint density at radius 2 is 1.16 bits per heavy atom. The largest absolute Gasteiger partial charge is 1.00 e. The number of nitrogens with zero attached hydrogens (tertiary/aromatic N) is 4. The van der Waals surface area contributed by atoms with Crippen LogP contribution in [0.4, 0.5) is 11.4 Å². The molecule has 38 heavy (non-hydrogen) atoms. The molecule has 0 aliphatic carbocycles. The molecule has 0 unspecified atom stereocenters. The number of amidine groups is 1. The van der Waals surface area contributed by atoms with Gasteiger partial charge in [-0.25, -0.2) is 4.79 Å². The summed E-state index contributed by atoms with van der Waals surface area (Å²) in [6.07, 6.45) is 0. The zero-order chi connectivity index (χ0) is 29.1. The van der Waals surface area contributed by atoms with Crippen molar-refractivity contribution in [1.82, 2.24) is 0 Å². The first-order valence-corrected chi connectivity index (χ1v) is 13.0. The molecule has 3 aromatic carbocycles. The standard InChI is InChI=1S/C20H16N4O3.5C2H6.Cu/c25-18-13-7-6-12-17(18)22-24-19(14-8-2-1-3-9-14)23-21-16-11-5-4-10-15(16)20(26)27;5*1-2;/h1-13H,(H3,21,22,23,24,25,26,27);5*1-2H3;/q;;;;;;+1/p-1. The minimum absolute atomic E-state index is 0. The fraction of sp³-hybridized carbons (Fsp3) is 0.333. The number of aromatic carboxylic acids is 1. The van der Waals surface area contributed by atoms with Gasteiger partial charge in [0.15, 0.2) is 5.84 Å². The van der Waals surface area contributed by atoms with E-state index < -0.39 is 5.97 Å². The van der Waals surface area contributed by atoms with Crippen molar-refractivity contribution in [3.05, 3.63) is 95.4 Å². The van der Waals surface area contributed by atoms with Crippen LogP contribution in [0.1, 0.15) is 85.2 Å². The number of azo groups is 1. The van der Waals surface area contributed by atoms with Crippen LogP contribution in [0.2, 0.25) is 0 Å². The Bertz CT molecular complexity index is 1010. The van der Waals surface area contributed by atoms with E-state index in [1.807, 2.05) is 87.4 Å². The average Bonchev–Trinajstić information content (AvgIpc) is 2.99. The zero-order valence-electron chi connectivity index (χ0n) is 24.4. The number of carboxylic acid groups (broad SMARTS) is 1. The van der Waals surface area contributed by atoms with Crippen molar-refractivity contribution in [2.75, 3.05) is 0 Å². The minimum atomic E-state index is -1.10. The van der Waals surface area contributed by atoms with Gasteiger partial charge in [0.2, 0.25) is 0 Å². The Balaban J connectivity index is -0.000000472. The predicted molar refractivity (Wildman–Crippen MR) is 159 cm³/mol. The maximum absolute atomic E-state index is 11.3. The first-order valence-electron chi connectivity index (χ1n) is 13.0. The monoisotopic (exact) mass is 572 g/mol. The quantitative estimate of drug-likeness (QED) is 0.104. The third-order valence-electron chi connectivity index (χ3n) is 3.55. The van der Waals surface area contributed by atoms with E-state index in [9.17, 15) is 15.0 Å². The summed E-state index contributed by atoms with van der Waals surface area (Å²) in [6, 6.07) is 21.8. The van der Waals surface area contributed by atoms with E-state index >= 15 is 0 Å². The number of para-hydroxylation sites is 1. The van der Waals surface area contributed by atoms with Crippen molar-refractivity contribution in [3.8, 4) is 5.75 Å². The van der Waals surface area contributed by atoms with Crippen LogP contribution < -0.4 is 0 Å². The molecule has 0 radical (unpaired) electrons. The molecule has 0 fully saturated rings. The summed E-state index contributed by atoms with van der Waals surface area (Å²) in [4.78, 5) is 11.3. The van der Waals surface area contributed by atoms with Gasteiger partial charge in [0.05, 0.1) is 5.56 Å². The molecule has 0 saturated carbocycles. The van der Waals surface area contributed by atoms with Crippen molar-refractivity contribution < 1.29 is 32.1 Å². The maximum atomic E-state index is 11.3. The van der Waals surface area contributed by atoms with E-state index in [0.29, 0.717) is 5.56 Å². The number of hydrogen-bond donors (Lipinski definition) is 2. The van der Waals surface area contributed by atoms with Gasteiger partial charge in [-0.3, -0.25) is 0 Å². The molecule has 214 valence electrons. The van der Waals surface area contributed by atoms with Gasteiger partial charge in [0.1, 0.15) is 11.4 Å². The van der Waals surface area contributed by atoms with Gasteiger partial charge >= 0.3 is 23.0 Å². The number of rotatable bonds is 5. The van der Waals surface area contributed by atoms with Gasteiger partial charge < -0.3 is 20.7 Å². The molecule has 7 nitrogen and oxygen atoms in total. The molecule has 0 aliphatic heterocycles. The van der Waals surface area contributed by atoms with E-state index in [1.165, 1.54) is 12.1 Å². The number of carboxylic acids is 1. The van der Waals surface area contributed by atoms with Crippen LogP contribution >= 0.6 is 0 Å². The molecular formula is C30H45CuN4O3. The van der Waals surface area contributed by atoms with Crippen LogP contribution in [-0.4, -0.2) is 22.0 Å². The summed E-state index contributed by atoms with van der Waals surface area (Å²) < 4.78 is 0. The summed E-state index contributed by atoms with van der Waals surface area (Å²) >= 11 is 0. The van der Waals surface area contributed by atoms with Crippen LogP contribution in [0.5, 0.6) is 5.75 Å². The Morgan fingerprint density at radius 3 is 1.68 bits per heavy atom. The van der Waals surface area contributed by atoms with E-state index in [4.69, 9.17) is 0 Å². The molecule has 2 N–H and O–H groups in total. The van der Waals surface area contributed by atoms with Crippen molar-refractivity contribution in [2.45, 2.75) is 69.2 Å². The Hall–Kier alpha value is -3.48. The zero-order valence-corrected chi connectivity index (χ0v) is 25.3. The fourth-order valence-electron chi connectivity index (χ4n) is 2.22. The van der Waals surface area contributed by atoms with E-state index in [2.05, 4.69) is 20.8 Å². The topological polar surface area (TPSA) is 109 Å². The van der Waals surface area contributed by atoms with Gasteiger partial charge in [-0.05, 0) is 18.2 Å². The van der Waals surface area contributed by atoms with Crippen molar-refractivity contribution >= 4 is 23.2 Å². The van der Waals surface area contributed by atoms with E-state index in [0.717, 1.165) is 0 Å². The molecule has 0 atom stereocenters. The Morgan fingerprint density at radius 1 is 0.684 bits per heavy atom. The van der Waals surface area contributed by atoms with Crippen molar-refractivity contribution in [2.24, 2.45) is 15.3 Å². The summed E-state index contributed by atoms with van der Waals surface area (Å²) in [5.41, 5.74) is 5.19. The second-order valence-electron chi connectivity index (χ2n) is 5.40. The van der Waals surface area contributed by atoms with Gasteiger partial charge in [-0.1, -0.05) is 136 Å². The number of benzene rings is 3. The molecule has 0 bridgehead atoms. The fourth-order valence-corrected chi connectivity index (χ4v) is 2.22. The summed E-state index contributed by atoms with van der Waals surface area (Å²) in [5.74, 6) is -0.928. The second kappa shape index (κ2) is 29.7. The number of phenols is 1. The maximum Gasteiger partial charge on any atom is 1.00 e. The van der Waals surface area contributed by atoms with Crippen LogP contribution in [-0.2, 0) is 17.1 Å². The van der Waals surface area contributed by atoms with Crippen LogP contribution in [0.15, 0.2) is 94.2 Å². The molecule has 0 aromatic heterocycles. The number of phenolic OH excluding ortho intramolecular Hbond substituents is 1. The van der Waals surface area contributed by atoms with Gasteiger partial charge in [-0.2, -0.15) is 0 Å². The molecule has 3 rings (SSSR count). The number of carbonyl (C=O) groups is 1. The molecule has 0 aliphatic rings. The molecule has 8 heteroatoms. The van der Waals surface area contributed by atoms with E-state index in [1.54, 1.807) is 48.5 Å². The van der Waals surface area contributed by atoms with E-state index in [-0.39, 0.29) is 45.6 Å². The van der Waals surface area contributed by atoms with Gasteiger partial charge in [0.25, 0.3) is 0 Å². The first-order chi connectivity index (χ1) is 18.1. The SMILES string of the molecule is CC.CC.CC.CC.CC.O=C(O)c1ccccc1N=NC(=N[N-]c1ccccc1O)c1ccccc1.[Cu+]. The molecular weight excluding hydrogens is 528 g/mol.